The minimum Gasteiger partial charge on any atom is -0.497 e. The predicted molar refractivity (Wildman–Crippen MR) is 108 cm³/mol. The van der Waals surface area contributed by atoms with Crippen molar-refractivity contribution in [3.05, 3.63) is 64.7 Å². The van der Waals surface area contributed by atoms with E-state index < -0.39 is 40.8 Å². The molecule has 3 aromatic rings. The number of halogens is 6. The number of hydrogen-bond donors (Lipinski definition) is 1. The number of nitrogens with zero attached hydrogens (tertiary/aromatic N) is 1. The Balaban J connectivity index is 1.87. The SMILES string of the molecule is COc1ccc(-c2nc(C(F)(F)F)c(C(=O)NC(C)c3cccc(OC(F)(F)F)c3)s2)cc1. The lowest BCUT2D eigenvalue weighted by Crippen LogP contribution is -2.28. The fraction of sp³-hybridized carbons (Fsp3) is 0.238. The van der Waals surface area contributed by atoms with E-state index in [0.717, 1.165) is 12.1 Å². The number of amides is 1. The number of carbonyl (C=O) groups is 1. The van der Waals surface area contributed by atoms with Crippen molar-refractivity contribution in [1.82, 2.24) is 10.3 Å². The van der Waals surface area contributed by atoms with E-state index in [4.69, 9.17) is 4.74 Å². The van der Waals surface area contributed by atoms with E-state index in [-0.39, 0.29) is 10.6 Å². The second-order valence-corrected chi connectivity index (χ2v) is 7.74. The first kappa shape index (κ1) is 24.4. The lowest BCUT2D eigenvalue weighted by molar-refractivity contribution is -0.274. The summed E-state index contributed by atoms with van der Waals surface area (Å²) in [7, 11) is 1.44. The number of nitrogens with one attached hydrogen (secondary N) is 1. The molecule has 1 aromatic heterocycles. The first-order valence-electron chi connectivity index (χ1n) is 9.26. The van der Waals surface area contributed by atoms with Gasteiger partial charge in [0.25, 0.3) is 5.91 Å². The lowest BCUT2D eigenvalue weighted by atomic mass is 10.1. The van der Waals surface area contributed by atoms with Gasteiger partial charge in [-0.1, -0.05) is 12.1 Å². The Hall–Kier alpha value is -3.28. The maximum atomic E-state index is 13.5. The van der Waals surface area contributed by atoms with E-state index in [1.807, 2.05) is 0 Å². The normalized spacial score (nSPS) is 12.8. The van der Waals surface area contributed by atoms with Crippen LogP contribution in [0, 0.1) is 0 Å². The summed E-state index contributed by atoms with van der Waals surface area (Å²) in [6.07, 6.45) is -9.80. The van der Waals surface area contributed by atoms with Gasteiger partial charge in [0, 0.05) is 5.56 Å². The molecule has 1 unspecified atom stereocenters. The van der Waals surface area contributed by atoms with Crippen molar-refractivity contribution >= 4 is 17.2 Å². The van der Waals surface area contributed by atoms with Crippen LogP contribution in [0.5, 0.6) is 11.5 Å². The Morgan fingerprint density at radius 3 is 2.27 bits per heavy atom. The minimum atomic E-state index is -4.91. The van der Waals surface area contributed by atoms with Gasteiger partial charge < -0.3 is 14.8 Å². The third-order valence-electron chi connectivity index (χ3n) is 4.38. The van der Waals surface area contributed by atoms with Crippen LogP contribution in [0.15, 0.2) is 48.5 Å². The number of methoxy groups -OCH3 is 1. The molecule has 5 nitrogen and oxygen atoms in total. The molecule has 0 saturated heterocycles. The second kappa shape index (κ2) is 9.30. The number of ether oxygens (including phenoxy) is 2. The zero-order valence-corrected chi connectivity index (χ0v) is 17.9. The Labute approximate surface area is 188 Å². The topological polar surface area (TPSA) is 60.5 Å². The third kappa shape index (κ3) is 6.15. The smallest absolute Gasteiger partial charge is 0.497 e. The maximum absolute atomic E-state index is 13.5. The highest BCUT2D eigenvalue weighted by atomic mass is 32.1. The average Bonchev–Trinajstić information content (AvgIpc) is 3.19. The van der Waals surface area contributed by atoms with Crippen molar-refractivity contribution in [3.63, 3.8) is 0 Å². The zero-order valence-electron chi connectivity index (χ0n) is 17.0. The van der Waals surface area contributed by atoms with Gasteiger partial charge in [0.2, 0.25) is 0 Å². The molecule has 0 saturated carbocycles. The molecule has 12 heteroatoms. The zero-order chi connectivity index (χ0) is 24.4. The van der Waals surface area contributed by atoms with Crippen LogP contribution in [-0.2, 0) is 6.18 Å². The number of benzene rings is 2. The number of thiazole rings is 1. The largest absolute Gasteiger partial charge is 0.573 e. The van der Waals surface area contributed by atoms with Gasteiger partial charge in [0.1, 0.15) is 21.4 Å². The predicted octanol–water partition coefficient (Wildman–Crippen LogP) is 6.23. The summed E-state index contributed by atoms with van der Waals surface area (Å²) in [5.74, 6) is -1.08. The van der Waals surface area contributed by atoms with Gasteiger partial charge >= 0.3 is 12.5 Å². The third-order valence-corrected chi connectivity index (χ3v) is 5.48. The van der Waals surface area contributed by atoms with Gasteiger partial charge in [-0.3, -0.25) is 4.79 Å². The Morgan fingerprint density at radius 1 is 1.03 bits per heavy atom. The van der Waals surface area contributed by atoms with E-state index >= 15 is 0 Å². The van der Waals surface area contributed by atoms with Gasteiger partial charge in [-0.25, -0.2) is 4.98 Å². The maximum Gasteiger partial charge on any atom is 0.573 e. The molecule has 1 atom stereocenters. The molecule has 1 N–H and O–H groups in total. The molecule has 33 heavy (non-hydrogen) atoms. The molecule has 2 aromatic carbocycles. The van der Waals surface area contributed by atoms with E-state index in [0.29, 0.717) is 22.6 Å². The van der Waals surface area contributed by atoms with Crippen molar-refractivity contribution in [3.8, 4) is 22.1 Å². The average molecular weight is 490 g/mol. The van der Waals surface area contributed by atoms with E-state index in [2.05, 4.69) is 15.0 Å². The van der Waals surface area contributed by atoms with Crippen LogP contribution in [0.1, 0.15) is 33.9 Å². The van der Waals surface area contributed by atoms with E-state index in [9.17, 15) is 31.1 Å². The molecule has 1 heterocycles. The van der Waals surface area contributed by atoms with Gasteiger partial charge in [-0.2, -0.15) is 13.2 Å². The van der Waals surface area contributed by atoms with Crippen LogP contribution >= 0.6 is 11.3 Å². The number of hydrogen-bond acceptors (Lipinski definition) is 5. The standard InChI is InChI=1S/C21H16F6N2O3S/c1-11(13-4-3-5-15(10-13)32-21(25,26)27)28-18(30)16-17(20(22,23)24)29-19(33-16)12-6-8-14(31-2)9-7-12/h3-11H,1-2H3,(H,28,30). The van der Waals surface area contributed by atoms with Crippen molar-refractivity contribution in [2.45, 2.75) is 25.5 Å². The van der Waals surface area contributed by atoms with Gasteiger partial charge in [-0.05, 0) is 48.9 Å². The Kier molecular flexibility index (Phi) is 6.86. The summed E-state index contributed by atoms with van der Waals surface area (Å²) < 4.78 is 86.8. The monoisotopic (exact) mass is 490 g/mol. The minimum absolute atomic E-state index is 0.0247. The van der Waals surface area contributed by atoms with Crippen LogP contribution in [0.2, 0.25) is 0 Å². The summed E-state index contributed by atoms with van der Waals surface area (Å²) in [6, 6.07) is 9.98. The first-order valence-corrected chi connectivity index (χ1v) is 10.1. The van der Waals surface area contributed by atoms with Crippen LogP contribution in [0.25, 0.3) is 10.6 Å². The fourth-order valence-electron chi connectivity index (χ4n) is 2.85. The molecule has 0 bridgehead atoms. The quantitative estimate of drug-likeness (QED) is 0.417. The van der Waals surface area contributed by atoms with Gasteiger partial charge in [0.05, 0.1) is 13.2 Å². The summed E-state index contributed by atoms with van der Waals surface area (Å²) in [5.41, 5.74) is -0.786. The van der Waals surface area contributed by atoms with E-state index in [1.54, 1.807) is 12.1 Å². The van der Waals surface area contributed by atoms with Crippen LogP contribution in [0.4, 0.5) is 26.3 Å². The molecule has 0 aliphatic heterocycles. The second-order valence-electron chi connectivity index (χ2n) is 6.74. The molecule has 0 aliphatic carbocycles. The Morgan fingerprint density at radius 2 is 1.70 bits per heavy atom. The molecule has 1 amide bonds. The molecule has 0 radical (unpaired) electrons. The molecular formula is C21H16F6N2O3S. The summed E-state index contributed by atoms with van der Waals surface area (Å²) in [4.78, 5) is 15.6. The number of alkyl halides is 6. The van der Waals surface area contributed by atoms with Crippen molar-refractivity contribution in [1.29, 1.82) is 0 Å². The van der Waals surface area contributed by atoms with Crippen LogP contribution in [0.3, 0.4) is 0 Å². The van der Waals surface area contributed by atoms with Crippen LogP contribution in [-0.4, -0.2) is 24.4 Å². The highest BCUT2D eigenvalue weighted by molar-refractivity contribution is 7.17. The molecule has 176 valence electrons. The number of carbonyl (C=O) groups excluding carboxylic acids is 1. The van der Waals surface area contributed by atoms with E-state index in [1.165, 1.54) is 38.3 Å². The molecule has 0 fully saturated rings. The molecule has 0 spiro atoms. The van der Waals surface area contributed by atoms with Gasteiger partial charge in [0.15, 0.2) is 5.69 Å². The lowest BCUT2D eigenvalue weighted by Gasteiger charge is -2.16. The first-order chi connectivity index (χ1) is 15.4. The number of rotatable bonds is 6. The van der Waals surface area contributed by atoms with Gasteiger partial charge in [-0.15, -0.1) is 24.5 Å². The fourth-order valence-corrected chi connectivity index (χ4v) is 3.84. The number of aromatic nitrogens is 1. The van der Waals surface area contributed by atoms with Crippen molar-refractivity contribution < 1.29 is 40.6 Å². The van der Waals surface area contributed by atoms with Crippen LogP contribution < -0.4 is 14.8 Å². The molecule has 0 aliphatic rings. The molecule has 3 rings (SSSR count). The summed E-state index contributed by atoms with van der Waals surface area (Å²) in [5, 5.41) is 2.35. The summed E-state index contributed by atoms with van der Waals surface area (Å²) >= 11 is 0.552. The Bertz CT molecular complexity index is 1130. The van der Waals surface area contributed by atoms with Crippen molar-refractivity contribution in [2.75, 3.05) is 7.11 Å². The highest BCUT2D eigenvalue weighted by Gasteiger charge is 2.40. The van der Waals surface area contributed by atoms with Crippen molar-refractivity contribution in [2.24, 2.45) is 0 Å². The molecular weight excluding hydrogens is 474 g/mol. The summed E-state index contributed by atoms with van der Waals surface area (Å²) in [6.45, 7) is 1.42. The highest BCUT2D eigenvalue weighted by Crippen LogP contribution is 2.38.